The number of rotatable bonds is 4. The molecule has 5 nitrogen and oxygen atoms in total. The highest BCUT2D eigenvalue weighted by Crippen LogP contribution is 1.98. The number of pyridine rings is 1. The van der Waals surface area contributed by atoms with E-state index < -0.39 is 0 Å². The minimum atomic E-state index is 0.496. The van der Waals surface area contributed by atoms with Gasteiger partial charge in [-0.1, -0.05) is 0 Å². The van der Waals surface area contributed by atoms with Crippen LogP contribution in [0.3, 0.4) is 0 Å². The third-order valence-electron chi connectivity index (χ3n) is 2.09. The molecule has 0 aliphatic rings. The molecular formula is C11H13N5. The van der Waals surface area contributed by atoms with Crippen molar-refractivity contribution in [1.29, 1.82) is 0 Å². The van der Waals surface area contributed by atoms with Gasteiger partial charge in [0.05, 0.1) is 6.54 Å². The second-order valence-corrected chi connectivity index (χ2v) is 3.36. The molecule has 2 aromatic rings. The van der Waals surface area contributed by atoms with Crippen LogP contribution in [0.5, 0.6) is 0 Å². The summed E-state index contributed by atoms with van der Waals surface area (Å²) in [7, 11) is 0. The van der Waals surface area contributed by atoms with Crippen LogP contribution in [0.2, 0.25) is 0 Å². The second-order valence-electron chi connectivity index (χ2n) is 3.36. The van der Waals surface area contributed by atoms with E-state index in [2.05, 4.69) is 20.3 Å². The summed E-state index contributed by atoms with van der Waals surface area (Å²) in [6, 6.07) is 5.60. The molecule has 82 valence electrons. The molecule has 0 fully saturated rings. The summed E-state index contributed by atoms with van der Waals surface area (Å²) in [5, 5.41) is 3.24. The number of anilines is 1. The van der Waals surface area contributed by atoms with E-state index in [0.717, 1.165) is 6.54 Å². The van der Waals surface area contributed by atoms with Crippen LogP contribution in [0, 0.1) is 0 Å². The lowest BCUT2D eigenvalue weighted by Crippen LogP contribution is -2.15. The number of nitrogens with two attached hydrogens (primary N) is 1. The van der Waals surface area contributed by atoms with E-state index in [9.17, 15) is 0 Å². The fourth-order valence-corrected chi connectivity index (χ4v) is 1.32. The first-order valence-electron chi connectivity index (χ1n) is 5.01. The van der Waals surface area contributed by atoms with Crippen molar-refractivity contribution in [2.24, 2.45) is 0 Å². The van der Waals surface area contributed by atoms with E-state index in [-0.39, 0.29) is 0 Å². The Balaban J connectivity index is 1.85. The average Bonchev–Trinajstić information content (AvgIpc) is 2.30. The molecule has 0 amide bonds. The summed E-state index contributed by atoms with van der Waals surface area (Å²) in [5.41, 5.74) is 6.73. The molecule has 0 saturated carbocycles. The molecule has 5 heteroatoms. The fraction of sp³-hybridized carbons (Fsp3) is 0.182. The number of hydrogen-bond donors (Lipinski definition) is 2. The molecule has 0 radical (unpaired) electrons. The van der Waals surface area contributed by atoms with Gasteiger partial charge >= 0.3 is 0 Å². The van der Waals surface area contributed by atoms with Gasteiger partial charge in [-0.15, -0.1) is 0 Å². The Hall–Kier alpha value is -2.01. The standard InChI is InChI=1S/C11H13N5/c12-10-3-6-15-11(16-10)8-14-7-9-1-4-13-5-2-9/h1-6,14H,7-8H2,(H2,12,15,16). The van der Waals surface area contributed by atoms with Crippen LogP contribution in [0.4, 0.5) is 5.82 Å². The fourth-order valence-electron chi connectivity index (χ4n) is 1.32. The quantitative estimate of drug-likeness (QED) is 0.786. The number of aromatic nitrogens is 3. The van der Waals surface area contributed by atoms with Crippen molar-refractivity contribution >= 4 is 5.82 Å². The maximum Gasteiger partial charge on any atom is 0.144 e. The van der Waals surface area contributed by atoms with Gasteiger partial charge in [-0.2, -0.15) is 0 Å². The van der Waals surface area contributed by atoms with Gasteiger partial charge in [0.15, 0.2) is 0 Å². The number of hydrogen-bond acceptors (Lipinski definition) is 5. The minimum Gasteiger partial charge on any atom is -0.384 e. The first-order chi connectivity index (χ1) is 7.84. The van der Waals surface area contributed by atoms with Crippen molar-refractivity contribution in [3.05, 3.63) is 48.2 Å². The van der Waals surface area contributed by atoms with Crippen molar-refractivity contribution < 1.29 is 0 Å². The van der Waals surface area contributed by atoms with Crippen LogP contribution < -0.4 is 11.1 Å². The third kappa shape index (κ3) is 2.99. The lowest BCUT2D eigenvalue weighted by Gasteiger charge is -2.03. The van der Waals surface area contributed by atoms with Gasteiger partial charge in [0, 0.05) is 25.1 Å². The maximum atomic E-state index is 5.55. The van der Waals surface area contributed by atoms with E-state index in [1.807, 2.05) is 12.1 Å². The van der Waals surface area contributed by atoms with Crippen molar-refractivity contribution in [1.82, 2.24) is 20.3 Å². The summed E-state index contributed by atoms with van der Waals surface area (Å²) in [6.07, 6.45) is 5.20. The molecule has 0 spiro atoms. The van der Waals surface area contributed by atoms with E-state index >= 15 is 0 Å². The topological polar surface area (TPSA) is 76.7 Å². The van der Waals surface area contributed by atoms with Crippen LogP contribution >= 0.6 is 0 Å². The van der Waals surface area contributed by atoms with Gasteiger partial charge in [0.2, 0.25) is 0 Å². The second kappa shape index (κ2) is 5.18. The number of nitrogens with zero attached hydrogens (tertiary/aromatic N) is 3. The van der Waals surface area contributed by atoms with Crippen molar-refractivity contribution in [3.63, 3.8) is 0 Å². The molecule has 0 saturated heterocycles. The molecule has 0 aliphatic carbocycles. The molecule has 0 bridgehead atoms. The highest BCUT2D eigenvalue weighted by molar-refractivity contribution is 5.24. The normalized spacial score (nSPS) is 10.2. The van der Waals surface area contributed by atoms with Gasteiger partial charge in [0.25, 0.3) is 0 Å². The summed E-state index contributed by atoms with van der Waals surface area (Å²) in [4.78, 5) is 12.2. The first-order valence-corrected chi connectivity index (χ1v) is 5.01. The highest BCUT2D eigenvalue weighted by Gasteiger charge is 1.96. The predicted molar refractivity (Wildman–Crippen MR) is 61.2 cm³/mol. The van der Waals surface area contributed by atoms with Crippen molar-refractivity contribution in [2.45, 2.75) is 13.1 Å². The van der Waals surface area contributed by atoms with E-state index in [1.165, 1.54) is 5.56 Å². The van der Waals surface area contributed by atoms with Gasteiger partial charge in [-0.3, -0.25) is 4.98 Å². The monoisotopic (exact) mass is 215 g/mol. The largest absolute Gasteiger partial charge is 0.384 e. The van der Waals surface area contributed by atoms with Gasteiger partial charge in [0.1, 0.15) is 11.6 Å². The molecule has 0 aliphatic heterocycles. The Morgan fingerprint density at radius 2 is 1.88 bits per heavy atom. The molecule has 0 atom stereocenters. The van der Waals surface area contributed by atoms with E-state index in [0.29, 0.717) is 18.2 Å². The van der Waals surface area contributed by atoms with Crippen LogP contribution in [0.15, 0.2) is 36.8 Å². The predicted octanol–water partition coefficient (Wildman–Crippen LogP) is 0.744. The lowest BCUT2D eigenvalue weighted by atomic mass is 10.3. The van der Waals surface area contributed by atoms with Crippen molar-refractivity contribution in [3.8, 4) is 0 Å². The van der Waals surface area contributed by atoms with Crippen LogP contribution in [0.25, 0.3) is 0 Å². The average molecular weight is 215 g/mol. The molecule has 2 aromatic heterocycles. The Kier molecular flexibility index (Phi) is 3.40. The van der Waals surface area contributed by atoms with Gasteiger partial charge < -0.3 is 11.1 Å². The van der Waals surface area contributed by atoms with Crippen molar-refractivity contribution in [2.75, 3.05) is 5.73 Å². The van der Waals surface area contributed by atoms with Crippen LogP contribution in [-0.4, -0.2) is 15.0 Å². The number of nitrogen functional groups attached to an aromatic ring is 1. The Labute approximate surface area is 93.8 Å². The molecule has 16 heavy (non-hydrogen) atoms. The summed E-state index contributed by atoms with van der Waals surface area (Å²) in [6.45, 7) is 1.37. The molecule has 3 N–H and O–H groups in total. The zero-order chi connectivity index (χ0) is 11.2. The maximum absolute atomic E-state index is 5.55. The van der Waals surface area contributed by atoms with E-state index in [4.69, 9.17) is 5.73 Å². The van der Waals surface area contributed by atoms with Gasteiger partial charge in [-0.25, -0.2) is 9.97 Å². The number of nitrogens with one attached hydrogen (secondary N) is 1. The summed E-state index contributed by atoms with van der Waals surface area (Å²) < 4.78 is 0. The smallest absolute Gasteiger partial charge is 0.144 e. The molecule has 0 aromatic carbocycles. The Morgan fingerprint density at radius 1 is 1.06 bits per heavy atom. The molecular weight excluding hydrogens is 202 g/mol. The van der Waals surface area contributed by atoms with Crippen LogP contribution in [-0.2, 0) is 13.1 Å². The molecule has 0 unspecified atom stereocenters. The van der Waals surface area contributed by atoms with Gasteiger partial charge in [-0.05, 0) is 23.8 Å². The Bertz CT molecular complexity index is 443. The zero-order valence-electron chi connectivity index (χ0n) is 8.80. The van der Waals surface area contributed by atoms with E-state index in [1.54, 1.807) is 24.7 Å². The summed E-state index contributed by atoms with van der Waals surface area (Å²) in [5.74, 6) is 1.20. The SMILES string of the molecule is Nc1ccnc(CNCc2ccncc2)n1. The highest BCUT2D eigenvalue weighted by atomic mass is 15.0. The summed E-state index contributed by atoms with van der Waals surface area (Å²) >= 11 is 0. The lowest BCUT2D eigenvalue weighted by molar-refractivity contribution is 0.663. The molecule has 2 rings (SSSR count). The minimum absolute atomic E-state index is 0.496. The molecule has 2 heterocycles. The third-order valence-corrected chi connectivity index (χ3v) is 2.09. The Morgan fingerprint density at radius 3 is 2.62 bits per heavy atom. The zero-order valence-corrected chi connectivity index (χ0v) is 8.80. The first kappa shape index (κ1) is 10.5. The van der Waals surface area contributed by atoms with Crippen LogP contribution in [0.1, 0.15) is 11.4 Å².